The van der Waals surface area contributed by atoms with Gasteiger partial charge in [-0.15, -0.1) is 22.9 Å². The summed E-state index contributed by atoms with van der Waals surface area (Å²) >= 11 is 13.5. The second kappa shape index (κ2) is 7.87. The number of hydrogen-bond acceptors (Lipinski definition) is 3. The lowest BCUT2D eigenvalue weighted by Crippen LogP contribution is -1.99. The molecule has 1 aromatic heterocycles. The van der Waals surface area contributed by atoms with Crippen molar-refractivity contribution >= 4 is 34.5 Å². The van der Waals surface area contributed by atoms with Crippen LogP contribution in [0.15, 0.2) is 23.6 Å². The number of ether oxygens (including phenoxy) is 1. The Morgan fingerprint density at radius 1 is 1.30 bits per heavy atom. The van der Waals surface area contributed by atoms with Crippen LogP contribution in [0.2, 0.25) is 5.02 Å². The van der Waals surface area contributed by atoms with Gasteiger partial charge in [-0.3, -0.25) is 0 Å². The van der Waals surface area contributed by atoms with Crippen LogP contribution in [0.25, 0.3) is 0 Å². The third-order valence-corrected chi connectivity index (χ3v) is 4.41. The van der Waals surface area contributed by atoms with E-state index in [1.165, 1.54) is 0 Å². The van der Waals surface area contributed by atoms with Crippen LogP contribution in [0, 0.1) is 6.92 Å². The van der Waals surface area contributed by atoms with Crippen molar-refractivity contribution in [2.75, 3.05) is 6.61 Å². The van der Waals surface area contributed by atoms with Gasteiger partial charge in [0.1, 0.15) is 5.75 Å². The summed E-state index contributed by atoms with van der Waals surface area (Å²) < 4.78 is 5.71. The summed E-state index contributed by atoms with van der Waals surface area (Å²) in [5.41, 5.74) is 2.12. The largest absolute Gasteiger partial charge is 0.492 e. The molecular formula is C15H17Cl2NOS. The molecule has 0 saturated carbocycles. The van der Waals surface area contributed by atoms with Gasteiger partial charge < -0.3 is 4.74 Å². The molecule has 2 aromatic rings. The summed E-state index contributed by atoms with van der Waals surface area (Å²) in [6.45, 7) is 2.71. The molecule has 0 aliphatic heterocycles. The lowest BCUT2D eigenvalue weighted by molar-refractivity contribution is 0.307. The van der Waals surface area contributed by atoms with E-state index in [0.717, 1.165) is 41.3 Å². The SMILES string of the molecule is Cc1ccc(Cl)c(OCCCCc2nc(CCl)cs2)c1. The molecule has 0 fully saturated rings. The summed E-state index contributed by atoms with van der Waals surface area (Å²) in [5, 5.41) is 3.84. The molecule has 0 N–H and O–H groups in total. The number of thiazole rings is 1. The van der Waals surface area contributed by atoms with Gasteiger partial charge in [0.05, 0.1) is 28.2 Å². The van der Waals surface area contributed by atoms with Crippen LogP contribution in [0.5, 0.6) is 5.75 Å². The van der Waals surface area contributed by atoms with E-state index in [0.29, 0.717) is 17.5 Å². The first-order valence-corrected chi connectivity index (χ1v) is 8.36. The van der Waals surface area contributed by atoms with E-state index in [4.69, 9.17) is 27.9 Å². The fraction of sp³-hybridized carbons (Fsp3) is 0.400. The molecule has 1 aromatic carbocycles. The van der Waals surface area contributed by atoms with Crippen molar-refractivity contribution in [2.45, 2.75) is 32.1 Å². The van der Waals surface area contributed by atoms with Crippen molar-refractivity contribution in [3.8, 4) is 5.75 Å². The van der Waals surface area contributed by atoms with Gasteiger partial charge in [0, 0.05) is 5.38 Å². The summed E-state index contributed by atoms with van der Waals surface area (Å²) in [4.78, 5) is 4.43. The van der Waals surface area contributed by atoms with E-state index >= 15 is 0 Å². The third kappa shape index (κ3) is 4.65. The van der Waals surface area contributed by atoms with E-state index in [1.807, 2.05) is 30.5 Å². The number of rotatable bonds is 7. The molecule has 0 amide bonds. The fourth-order valence-corrected chi connectivity index (χ4v) is 3.05. The molecule has 2 rings (SSSR count). The zero-order chi connectivity index (χ0) is 14.4. The molecule has 0 atom stereocenters. The van der Waals surface area contributed by atoms with E-state index in [1.54, 1.807) is 11.3 Å². The third-order valence-electron chi connectivity index (χ3n) is 2.87. The van der Waals surface area contributed by atoms with Crippen LogP contribution in [0.4, 0.5) is 0 Å². The molecule has 20 heavy (non-hydrogen) atoms. The normalized spacial score (nSPS) is 10.8. The first-order chi connectivity index (χ1) is 9.69. The highest BCUT2D eigenvalue weighted by Crippen LogP contribution is 2.25. The zero-order valence-corrected chi connectivity index (χ0v) is 13.7. The Bertz CT molecular complexity index is 557. The maximum absolute atomic E-state index is 6.08. The molecule has 0 aliphatic carbocycles. The second-order valence-corrected chi connectivity index (χ2v) is 6.22. The Labute approximate surface area is 133 Å². The summed E-state index contributed by atoms with van der Waals surface area (Å²) in [5.74, 6) is 1.26. The average Bonchev–Trinajstić information content (AvgIpc) is 2.90. The Balaban J connectivity index is 1.70. The first kappa shape index (κ1) is 15.6. The Kier molecular flexibility index (Phi) is 6.14. The van der Waals surface area contributed by atoms with Gasteiger partial charge in [-0.2, -0.15) is 0 Å². The van der Waals surface area contributed by atoms with Crippen LogP contribution in [-0.2, 0) is 12.3 Å². The summed E-state index contributed by atoms with van der Waals surface area (Å²) in [6, 6.07) is 5.82. The van der Waals surface area contributed by atoms with Crippen molar-refractivity contribution in [2.24, 2.45) is 0 Å². The number of hydrogen-bond donors (Lipinski definition) is 0. The zero-order valence-electron chi connectivity index (χ0n) is 11.4. The first-order valence-electron chi connectivity index (χ1n) is 6.57. The minimum Gasteiger partial charge on any atom is -0.492 e. The fourth-order valence-electron chi connectivity index (χ4n) is 1.81. The smallest absolute Gasteiger partial charge is 0.138 e. The van der Waals surface area contributed by atoms with E-state index in [9.17, 15) is 0 Å². The van der Waals surface area contributed by atoms with E-state index in [2.05, 4.69) is 4.98 Å². The molecule has 0 unspecified atom stereocenters. The van der Waals surface area contributed by atoms with Gasteiger partial charge in [0.25, 0.3) is 0 Å². The predicted octanol–water partition coefficient (Wildman–Crippen LogP) is 5.25. The maximum atomic E-state index is 6.08. The van der Waals surface area contributed by atoms with Gasteiger partial charge in [0.15, 0.2) is 0 Å². The minimum absolute atomic E-state index is 0.492. The van der Waals surface area contributed by atoms with Crippen molar-refractivity contribution < 1.29 is 4.74 Å². The number of nitrogens with zero attached hydrogens (tertiary/aromatic N) is 1. The number of aromatic nitrogens is 1. The number of benzene rings is 1. The highest BCUT2D eigenvalue weighted by molar-refractivity contribution is 7.09. The molecule has 1 heterocycles. The van der Waals surface area contributed by atoms with Gasteiger partial charge >= 0.3 is 0 Å². The Hall–Kier alpha value is -0.770. The van der Waals surface area contributed by atoms with Crippen LogP contribution in [0.3, 0.4) is 0 Å². The molecular weight excluding hydrogens is 313 g/mol. The molecule has 0 aliphatic rings. The molecule has 0 bridgehead atoms. The van der Waals surface area contributed by atoms with Crippen molar-refractivity contribution in [3.63, 3.8) is 0 Å². The quantitative estimate of drug-likeness (QED) is 0.511. The second-order valence-electron chi connectivity index (χ2n) is 4.61. The van der Waals surface area contributed by atoms with Gasteiger partial charge in [-0.25, -0.2) is 4.98 Å². The monoisotopic (exact) mass is 329 g/mol. The van der Waals surface area contributed by atoms with Crippen molar-refractivity contribution in [1.29, 1.82) is 0 Å². The number of aryl methyl sites for hydroxylation is 2. The molecule has 2 nitrogen and oxygen atoms in total. The molecule has 0 saturated heterocycles. The molecule has 0 radical (unpaired) electrons. The van der Waals surface area contributed by atoms with Crippen LogP contribution in [0.1, 0.15) is 29.1 Å². The molecule has 5 heteroatoms. The van der Waals surface area contributed by atoms with E-state index < -0.39 is 0 Å². The Morgan fingerprint density at radius 3 is 2.90 bits per heavy atom. The van der Waals surface area contributed by atoms with Gasteiger partial charge in [-0.05, 0) is 43.9 Å². The standard InChI is InChI=1S/C15H17Cl2NOS/c1-11-5-6-13(17)14(8-11)19-7-3-2-4-15-18-12(9-16)10-20-15/h5-6,8,10H,2-4,7,9H2,1H3. The average molecular weight is 330 g/mol. The molecule has 108 valence electrons. The summed E-state index contributed by atoms with van der Waals surface area (Å²) in [7, 11) is 0. The highest BCUT2D eigenvalue weighted by atomic mass is 35.5. The van der Waals surface area contributed by atoms with Crippen LogP contribution in [-0.4, -0.2) is 11.6 Å². The number of unbranched alkanes of at least 4 members (excludes halogenated alkanes) is 1. The lowest BCUT2D eigenvalue weighted by Gasteiger charge is -2.08. The molecule has 0 spiro atoms. The van der Waals surface area contributed by atoms with Crippen molar-refractivity contribution in [3.05, 3.63) is 44.9 Å². The number of alkyl halides is 1. The number of halogens is 2. The van der Waals surface area contributed by atoms with Crippen LogP contribution < -0.4 is 4.74 Å². The van der Waals surface area contributed by atoms with Crippen LogP contribution >= 0.6 is 34.5 Å². The lowest BCUT2D eigenvalue weighted by atomic mass is 10.2. The maximum Gasteiger partial charge on any atom is 0.138 e. The van der Waals surface area contributed by atoms with E-state index in [-0.39, 0.29) is 0 Å². The van der Waals surface area contributed by atoms with Gasteiger partial charge in [-0.1, -0.05) is 17.7 Å². The minimum atomic E-state index is 0.492. The predicted molar refractivity (Wildman–Crippen MR) is 86.3 cm³/mol. The topological polar surface area (TPSA) is 22.1 Å². The van der Waals surface area contributed by atoms with Gasteiger partial charge in [0.2, 0.25) is 0 Å². The Morgan fingerprint density at radius 2 is 2.15 bits per heavy atom. The van der Waals surface area contributed by atoms with Crippen molar-refractivity contribution in [1.82, 2.24) is 4.98 Å². The summed E-state index contributed by atoms with van der Waals surface area (Å²) in [6.07, 6.45) is 3.02. The highest BCUT2D eigenvalue weighted by Gasteiger charge is 2.03.